The normalized spacial score (nSPS) is 10.6. The highest BCUT2D eigenvalue weighted by molar-refractivity contribution is 6.37. The molecule has 0 fully saturated rings. The highest BCUT2D eigenvalue weighted by Gasteiger charge is 2.16. The summed E-state index contributed by atoms with van der Waals surface area (Å²) in [5.41, 5.74) is 0.239. The lowest BCUT2D eigenvalue weighted by atomic mass is 10.1. The minimum atomic E-state index is -0.758. The Labute approximate surface area is 201 Å². The highest BCUT2D eigenvalue weighted by Crippen LogP contribution is 2.37. The first-order valence-electron chi connectivity index (χ1n) is 9.70. The minimum Gasteiger partial charge on any atom is -0.434 e. The quantitative estimate of drug-likeness (QED) is 0.431. The SMILES string of the molecule is Cc1nn(-c2cc(Cl)c(Oc3cc(Cc4ccc(C#N)cc4)c(=O)[nH]n3)c(Cl)c2)c(=O)[nH]c1=O. The lowest BCUT2D eigenvalue weighted by molar-refractivity contribution is 0.453. The number of nitrogens with zero attached hydrogens (tertiary/aromatic N) is 4. The Balaban J connectivity index is 1.64. The average Bonchev–Trinajstić information content (AvgIpc) is 2.81. The van der Waals surface area contributed by atoms with Gasteiger partial charge in [0.2, 0.25) is 5.88 Å². The molecule has 4 rings (SSSR count). The first kappa shape index (κ1) is 23.0. The van der Waals surface area contributed by atoms with Crippen LogP contribution in [-0.4, -0.2) is 25.0 Å². The summed E-state index contributed by atoms with van der Waals surface area (Å²) in [7, 11) is 0. The highest BCUT2D eigenvalue weighted by atomic mass is 35.5. The monoisotopic (exact) mass is 496 g/mol. The van der Waals surface area contributed by atoms with Crippen LogP contribution in [0.25, 0.3) is 5.69 Å². The zero-order chi connectivity index (χ0) is 24.4. The second-order valence-electron chi connectivity index (χ2n) is 7.14. The average molecular weight is 497 g/mol. The van der Waals surface area contributed by atoms with Crippen LogP contribution in [0.5, 0.6) is 11.6 Å². The molecule has 0 atom stereocenters. The van der Waals surface area contributed by atoms with Crippen molar-refractivity contribution < 1.29 is 4.74 Å². The van der Waals surface area contributed by atoms with Crippen molar-refractivity contribution in [3.63, 3.8) is 0 Å². The number of hydrogen-bond donors (Lipinski definition) is 2. The van der Waals surface area contributed by atoms with Gasteiger partial charge < -0.3 is 4.74 Å². The van der Waals surface area contributed by atoms with Crippen molar-refractivity contribution in [2.24, 2.45) is 0 Å². The topological polar surface area (TPSA) is 147 Å². The largest absolute Gasteiger partial charge is 0.434 e. The predicted molar refractivity (Wildman–Crippen MR) is 124 cm³/mol. The van der Waals surface area contributed by atoms with Crippen LogP contribution in [0.15, 0.2) is 56.8 Å². The van der Waals surface area contributed by atoms with Crippen LogP contribution in [-0.2, 0) is 6.42 Å². The van der Waals surface area contributed by atoms with Crippen molar-refractivity contribution >= 4 is 23.2 Å². The lowest BCUT2D eigenvalue weighted by Crippen LogP contribution is -2.32. The predicted octanol–water partition coefficient (Wildman–Crippen LogP) is 2.87. The third-order valence-electron chi connectivity index (χ3n) is 4.76. The summed E-state index contributed by atoms with van der Waals surface area (Å²) >= 11 is 12.7. The fourth-order valence-electron chi connectivity index (χ4n) is 3.05. The molecule has 0 saturated carbocycles. The van der Waals surface area contributed by atoms with Gasteiger partial charge in [0.05, 0.1) is 27.4 Å². The van der Waals surface area contributed by atoms with Crippen LogP contribution in [0.4, 0.5) is 0 Å². The summed E-state index contributed by atoms with van der Waals surface area (Å²) in [6.45, 7) is 1.45. The first-order chi connectivity index (χ1) is 16.2. The molecule has 10 nitrogen and oxygen atoms in total. The van der Waals surface area contributed by atoms with Crippen molar-refractivity contribution in [3.05, 3.63) is 106 Å². The lowest BCUT2D eigenvalue weighted by Gasteiger charge is -2.12. The van der Waals surface area contributed by atoms with Gasteiger partial charge in [-0.25, -0.2) is 9.89 Å². The molecule has 2 aromatic carbocycles. The van der Waals surface area contributed by atoms with Crippen LogP contribution in [0, 0.1) is 18.3 Å². The number of aromatic nitrogens is 5. The third kappa shape index (κ3) is 4.76. The minimum absolute atomic E-state index is 0.0370. The summed E-state index contributed by atoms with van der Waals surface area (Å²) in [6, 6.07) is 13.1. The van der Waals surface area contributed by atoms with Crippen LogP contribution in [0.1, 0.15) is 22.4 Å². The molecule has 0 bridgehead atoms. The van der Waals surface area contributed by atoms with E-state index in [2.05, 4.69) is 20.3 Å². The summed E-state index contributed by atoms with van der Waals surface area (Å²) in [4.78, 5) is 38.1. The number of ether oxygens (including phenoxy) is 1. The molecule has 2 aromatic heterocycles. The molecule has 0 radical (unpaired) electrons. The molecule has 0 aliphatic heterocycles. The molecule has 0 aliphatic rings. The number of halogens is 2. The molecule has 34 heavy (non-hydrogen) atoms. The zero-order valence-electron chi connectivity index (χ0n) is 17.4. The second-order valence-corrected chi connectivity index (χ2v) is 7.96. The summed E-state index contributed by atoms with van der Waals surface area (Å²) in [5, 5.41) is 19.2. The van der Waals surface area contributed by atoms with E-state index < -0.39 is 16.8 Å². The van der Waals surface area contributed by atoms with Crippen LogP contribution in [0.3, 0.4) is 0 Å². The van der Waals surface area contributed by atoms with Crippen molar-refractivity contribution in [1.29, 1.82) is 5.26 Å². The zero-order valence-corrected chi connectivity index (χ0v) is 18.9. The Morgan fingerprint density at radius 1 is 1.06 bits per heavy atom. The number of nitriles is 1. The van der Waals surface area contributed by atoms with E-state index in [1.165, 1.54) is 25.1 Å². The van der Waals surface area contributed by atoms with Gasteiger partial charge in [-0.05, 0) is 36.8 Å². The van der Waals surface area contributed by atoms with Gasteiger partial charge in [-0.1, -0.05) is 35.3 Å². The van der Waals surface area contributed by atoms with E-state index >= 15 is 0 Å². The number of benzene rings is 2. The van der Waals surface area contributed by atoms with Crippen molar-refractivity contribution in [2.45, 2.75) is 13.3 Å². The van der Waals surface area contributed by atoms with E-state index in [1.54, 1.807) is 24.3 Å². The number of H-pyrrole nitrogens is 2. The number of hydrogen-bond acceptors (Lipinski definition) is 7. The number of aromatic amines is 2. The van der Waals surface area contributed by atoms with Gasteiger partial charge in [0, 0.05) is 18.1 Å². The maximum absolute atomic E-state index is 12.2. The van der Waals surface area contributed by atoms with E-state index in [4.69, 9.17) is 33.2 Å². The molecule has 4 aromatic rings. The van der Waals surface area contributed by atoms with Gasteiger partial charge >= 0.3 is 5.69 Å². The molecule has 2 heterocycles. The van der Waals surface area contributed by atoms with E-state index in [-0.39, 0.29) is 39.5 Å². The van der Waals surface area contributed by atoms with E-state index in [0.717, 1.165) is 10.2 Å². The third-order valence-corrected chi connectivity index (χ3v) is 5.32. The Kier molecular flexibility index (Phi) is 6.32. The number of rotatable bonds is 5. The van der Waals surface area contributed by atoms with Crippen molar-refractivity contribution in [3.8, 4) is 23.4 Å². The Bertz CT molecular complexity index is 1590. The fraction of sp³-hybridized carbons (Fsp3) is 0.0909. The molecular weight excluding hydrogens is 483 g/mol. The molecule has 0 spiro atoms. The van der Waals surface area contributed by atoms with Gasteiger partial charge in [0.25, 0.3) is 11.1 Å². The molecule has 2 N–H and O–H groups in total. The smallest absolute Gasteiger partial charge is 0.349 e. The molecule has 12 heteroatoms. The van der Waals surface area contributed by atoms with E-state index in [0.29, 0.717) is 11.1 Å². The maximum atomic E-state index is 12.2. The van der Waals surface area contributed by atoms with Gasteiger partial charge in [0.15, 0.2) is 5.75 Å². The van der Waals surface area contributed by atoms with E-state index in [9.17, 15) is 14.4 Å². The Hall–Kier alpha value is -4.20. The molecule has 0 unspecified atom stereocenters. The molecule has 0 aliphatic carbocycles. The van der Waals surface area contributed by atoms with Crippen molar-refractivity contribution in [2.75, 3.05) is 0 Å². The van der Waals surface area contributed by atoms with Gasteiger partial charge in [-0.3, -0.25) is 14.6 Å². The number of nitrogens with one attached hydrogen (secondary N) is 2. The van der Waals surface area contributed by atoms with Crippen LogP contribution in [0.2, 0.25) is 10.0 Å². The van der Waals surface area contributed by atoms with Crippen LogP contribution >= 0.6 is 23.2 Å². The standard InChI is InChI=1S/C22H14Cl2N6O4/c1-11-20(31)26-22(33)30(29-11)15-8-16(23)19(17(24)9-15)34-18-7-14(21(32)28-27-18)6-12-2-4-13(10-25)5-3-12/h2-5,7-9H,6H2,1H3,(H,28,32)(H,26,31,33). The van der Waals surface area contributed by atoms with Gasteiger partial charge in [-0.2, -0.15) is 15.0 Å². The fourth-order valence-corrected chi connectivity index (χ4v) is 3.61. The summed E-state index contributed by atoms with van der Waals surface area (Å²) in [6.07, 6.45) is 0.278. The van der Waals surface area contributed by atoms with Crippen molar-refractivity contribution in [1.82, 2.24) is 25.0 Å². The first-order valence-corrected chi connectivity index (χ1v) is 10.5. The molecular formula is C22H14Cl2N6O4. The Morgan fingerprint density at radius 3 is 2.38 bits per heavy atom. The van der Waals surface area contributed by atoms with E-state index in [1.807, 2.05) is 6.07 Å². The van der Waals surface area contributed by atoms with Crippen LogP contribution < -0.4 is 21.5 Å². The molecule has 0 saturated heterocycles. The molecule has 170 valence electrons. The molecule has 0 amide bonds. The Morgan fingerprint density at radius 2 is 1.74 bits per heavy atom. The van der Waals surface area contributed by atoms with Gasteiger partial charge in [-0.15, -0.1) is 5.10 Å². The summed E-state index contributed by atoms with van der Waals surface area (Å²) < 4.78 is 6.67. The van der Waals surface area contributed by atoms with Gasteiger partial charge in [0.1, 0.15) is 5.69 Å². The summed E-state index contributed by atoms with van der Waals surface area (Å²) in [5.74, 6) is 0.0834. The number of aryl methyl sites for hydroxylation is 1. The second kappa shape index (κ2) is 9.35. The maximum Gasteiger partial charge on any atom is 0.349 e.